The lowest BCUT2D eigenvalue weighted by Crippen LogP contribution is -2.27. The maximum atomic E-state index is 12.0. The van der Waals surface area contributed by atoms with Gasteiger partial charge in [-0.15, -0.1) is 0 Å². The molecule has 0 bridgehead atoms. The van der Waals surface area contributed by atoms with Gasteiger partial charge in [-0.3, -0.25) is 4.79 Å². The monoisotopic (exact) mass is 250 g/mol. The van der Waals surface area contributed by atoms with Crippen LogP contribution in [0.2, 0.25) is 0 Å². The third kappa shape index (κ3) is 2.41. The molecule has 98 valence electrons. The van der Waals surface area contributed by atoms with Gasteiger partial charge in [-0.05, 0) is 31.5 Å². The van der Waals surface area contributed by atoms with Crippen molar-refractivity contribution in [3.63, 3.8) is 0 Å². The van der Waals surface area contributed by atoms with Crippen molar-refractivity contribution in [1.82, 2.24) is 0 Å². The highest BCUT2D eigenvalue weighted by molar-refractivity contribution is 5.94. The normalized spacial score (nSPS) is 12.6. The van der Waals surface area contributed by atoms with E-state index in [9.17, 15) is 4.79 Å². The number of carbonyl (C=O) groups excluding carboxylic acids is 1. The number of benzene rings is 1. The van der Waals surface area contributed by atoms with Gasteiger partial charge in [0, 0.05) is 19.5 Å². The second-order valence-corrected chi connectivity index (χ2v) is 4.34. The maximum Gasteiger partial charge on any atom is 0.231 e. The Morgan fingerprint density at radius 1 is 1.39 bits per heavy atom. The van der Waals surface area contributed by atoms with Crippen molar-refractivity contribution in [2.45, 2.75) is 19.8 Å². The standard InChI is InChI=1S/C13H18N2O3/c1-9-6-11-12(18-8-17-11)7-10(9)15(2)13(16)4-3-5-14/h6-7H,3-5,8,14H2,1-2H3. The van der Waals surface area contributed by atoms with Crippen LogP contribution in [0.1, 0.15) is 18.4 Å². The lowest BCUT2D eigenvalue weighted by atomic mass is 10.1. The molecule has 1 heterocycles. The predicted octanol–water partition coefficient (Wildman–Crippen LogP) is 1.43. The molecule has 1 aromatic carbocycles. The molecule has 1 aliphatic heterocycles. The van der Waals surface area contributed by atoms with E-state index in [0.29, 0.717) is 25.1 Å². The SMILES string of the molecule is Cc1cc2c(cc1N(C)C(=O)CCCN)OCO2. The van der Waals surface area contributed by atoms with Crippen LogP contribution in [-0.2, 0) is 4.79 Å². The number of amides is 1. The summed E-state index contributed by atoms with van der Waals surface area (Å²) in [5.74, 6) is 1.48. The van der Waals surface area contributed by atoms with Crippen LogP contribution >= 0.6 is 0 Å². The first-order valence-electron chi connectivity index (χ1n) is 6.00. The number of carbonyl (C=O) groups is 1. The van der Waals surface area contributed by atoms with E-state index in [-0.39, 0.29) is 12.7 Å². The van der Waals surface area contributed by atoms with Crippen molar-refractivity contribution < 1.29 is 14.3 Å². The van der Waals surface area contributed by atoms with Gasteiger partial charge in [0.15, 0.2) is 11.5 Å². The van der Waals surface area contributed by atoms with E-state index in [0.717, 1.165) is 17.0 Å². The van der Waals surface area contributed by atoms with Crippen LogP contribution in [-0.4, -0.2) is 26.3 Å². The average molecular weight is 250 g/mol. The minimum atomic E-state index is 0.0578. The third-order valence-electron chi connectivity index (χ3n) is 3.02. The van der Waals surface area contributed by atoms with Gasteiger partial charge < -0.3 is 20.1 Å². The molecule has 18 heavy (non-hydrogen) atoms. The van der Waals surface area contributed by atoms with Crippen molar-refractivity contribution in [3.05, 3.63) is 17.7 Å². The minimum Gasteiger partial charge on any atom is -0.454 e. The van der Waals surface area contributed by atoms with E-state index in [4.69, 9.17) is 15.2 Å². The van der Waals surface area contributed by atoms with E-state index in [1.165, 1.54) is 0 Å². The summed E-state index contributed by atoms with van der Waals surface area (Å²) in [4.78, 5) is 13.6. The first-order valence-corrected chi connectivity index (χ1v) is 6.00. The second-order valence-electron chi connectivity index (χ2n) is 4.34. The molecule has 1 aliphatic rings. The summed E-state index contributed by atoms with van der Waals surface area (Å²) in [6, 6.07) is 3.74. The van der Waals surface area contributed by atoms with Crippen molar-refractivity contribution in [1.29, 1.82) is 0 Å². The molecule has 1 amide bonds. The Kier molecular flexibility index (Phi) is 3.72. The second kappa shape index (κ2) is 5.27. The van der Waals surface area contributed by atoms with E-state index in [2.05, 4.69) is 0 Å². The van der Waals surface area contributed by atoms with Crippen molar-refractivity contribution in [2.24, 2.45) is 5.73 Å². The number of rotatable bonds is 4. The molecule has 0 spiro atoms. The summed E-state index contributed by atoms with van der Waals surface area (Å²) in [5, 5.41) is 0. The fourth-order valence-corrected chi connectivity index (χ4v) is 1.95. The lowest BCUT2D eigenvalue weighted by Gasteiger charge is -2.20. The summed E-state index contributed by atoms with van der Waals surface area (Å²) in [7, 11) is 1.77. The summed E-state index contributed by atoms with van der Waals surface area (Å²) in [5.41, 5.74) is 7.25. The van der Waals surface area contributed by atoms with Gasteiger partial charge in [0.05, 0.1) is 5.69 Å². The van der Waals surface area contributed by atoms with Crippen LogP contribution in [0.3, 0.4) is 0 Å². The maximum absolute atomic E-state index is 12.0. The number of hydrogen-bond donors (Lipinski definition) is 1. The smallest absolute Gasteiger partial charge is 0.231 e. The largest absolute Gasteiger partial charge is 0.454 e. The Hall–Kier alpha value is -1.75. The molecule has 0 radical (unpaired) electrons. The van der Waals surface area contributed by atoms with E-state index < -0.39 is 0 Å². The Labute approximate surface area is 106 Å². The predicted molar refractivity (Wildman–Crippen MR) is 69.0 cm³/mol. The molecule has 2 rings (SSSR count). The molecular weight excluding hydrogens is 232 g/mol. The van der Waals surface area contributed by atoms with E-state index in [1.807, 2.05) is 19.1 Å². The lowest BCUT2D eigenvalue weighted by molar-refractivity contribution is -0.118. The Bertz CT molecular complexity index is 460. The first kappa shape index (κ1) is 12.7. The van der Waals surface area contributed by atoms with E-state index >= 15 is 0 Å². The summed E-state index contributed by atoms with van der Waals surface area (Å²) in [6.07, 6.45) is 1.16. The number of nitrogens with two attached hydrogens (primary N) is 1. The molecule has 0 aromatic heterocycles. The number of hydrogen-bond acceptors (Lipinski definition) is 4. The van der Waals surface area contributed by atoms with E-state index in [1.54, 1.807) is 11.9 Å². The highest BCUT2D eigenvalue weighted by Gasteiger charge is 2.19. The van der Waals surface area contributed by atoms with Gasteiger partial charge in [-0.2, -0.15) is 0 Å². The number of fused-ring (bicyclic) bond motifs is 1. The van der Waals surface area contributed by atoms with Crippen LogP contribution < -0.4 is 20.1 Å². The van der Waals surface area contributed by atoms with Gasteiger partial charge >= 0.3 is 0 Å². The quantitative estimate of drug-likeness (QED) is 0.877. The zero-order valence-electron chi connectivity index (χ0n) is 10.7. The highest BCUT2D eigenvalue weighted by Crippen LogP contribution is 2.37. The highest BCUT2D eigenvalue weighted by atomic mass is 16.7. The first-order chi connectivity index (χ1) is 8.63. The van der Waals surface area contributed by atoms with Crippen LogP contribution in [0.4, 0.5) is 5.69 Å². The third-order valence-corrected chi connectivity index (χ3v) is 3.02. The van der Waals surface area contributed by atoms with Crippen LogP contribution in [0, 0.1) is 6.92 Å². The average Bonchev–Trinajstić information content (AvgIpc) is 2.81. The van der Waals surface area contributed by atoms with Gasteiger partial charge in [0.25, 0.3) is 0 Å². The van der Waals surface area contributed by atoms with Gasteiger partial charge in [0.2, 0.25) is 12.7 Å². The molecule has 0 saturated carbocycles. The molecule has 5 heteroatoms. The molecule has 1 aromatic rings. The number of aryl methyl sites for hydroxylation is 1. The molecule has 0 saturated heterocycles. The molecule has 0 atom stereocenters. The minimum absolute atomic E-state index is 0.0578. The van der Waals surface area contributed by atoms with Crippen LogP contribution in [0.25, 0.3) is 0 Å². The fraction of sp³-hybridized carbons (Fsp3) is 0.462. The topological polar surface area (TPSA) is 64.8 Å². The van der Waals surface area contributed by atoms with Crippen molar-refractivity contribution in [2.75, 3.05) is 25.3 Å². The van der Waals surface area contributed by atoms with Crippen LogP contribution in [0.15, 0.2) is 12.1 Å². The van der Waals surface area contributed by atoms with Crippen molar-refractivity contribution >= 4 is 11.6 Å². The molecule has 5 nitrogen and oxygen atoms in total. The van der Waals surface area contributed by atoms with Gasteiger partial charge in [-0.25, -0.2) is 0 Å². The Morgan fingerprint density at radius 2 is 2.06 bits per heavy atom. The molecule has 0 unspecified atom stereocenters. The summed E-state index contributed by atoms with van der Waals surface area (Å²) >= 11 is 0. The number of nitrogens with zero attached hydrogens (tertiary/aromatic N) is 1. The van der Waals surface area contributed by atoms with Crippen molar-refractivity contribution in [3.8, 4) is 11.5 Å². The van der Waals surface area contributed by atoms with Crippen LogP contribution in [0.5, 0.6) is 11.5 Å². The Balaban J connectivity index is 2.20. The van der Waals surface area contributed by atoms with Gasteiger partial charge in [-0.1, -0.05) is 0 Å². The zero-order chi connectivity index (χ0) is 13.1. The summed E-state index contributed by atoms with van der Waals surface area (Å²) < 4.78 is 10.6. The number of ether oxygens (including phenoxy) is 2. The molecule has 0 aliphatic carbocycles. The number of anilines is 1. The Morgan fingerprint density at radius 3 is 2.72 bits per heavy atom. The molecule has 2 N–H and O–H groups in total. The zero-order valence-corrected chi connectivity index (χ0v) is 10.7. The fourth-order valence-electron chi connectivity index (χ4n) is 1.95. The summed E-state index contributed by atoms with van der Waals surface area (Å²) in [6.45, 7) is 2.72. The van der Waals surface area contributed by atoms with Gasteiger partial charge in [0.1, 0.15) is 0 Å². The molecular formula is C13H18N2O3. The molecule has 0 fully saturated rings.